The zero-order chi connectivity index (χ0) is 17.9. The lowest BCUT2D eigenvalue weighted by atomic mass is 9.87. The van der Waals surface area contributed by atoms with E-state index in [1.54, 1.807) is 0 Å². The molecule has 0 amide bonds. The molecule has 1 heterocycles. The van der Waals surface area contributed by atoms with Gasteiger partial charge < -0.3 is 4.74 Å². The van der Waals surface area contributed by atoms with Gasteiger partial charge in [-0.25, -0.2) is 4.79 Å². The van der Waals surface area contributed by atoms with E-state index in [1.165, 1.54) is 24.8 Å². The molecule has 24 heavy (non-hydrogen) atoms. The van der Waals surface area contributed by atoms with Crippen molar-refractivity contribution in [2.75, 3.05) is 6.54 Å². The number of carbonyl (C=O) groups excluding carboxylic acids is 1. The zero-order valence-electron chi connectivity index (χ0n) is 16.1. The first-order valence-corrected chi connectivity index (χ1v) is 9.25. The Morgan fingerprint density at radius 3 is 2.21 bits per heavy atom. The van der Waals surface area contributed by atoms with Crippen molar-refractivity contribution in [2.24, 2.45) is 0 Å². The van der Waals surface area contributed by atoms with Gasteiger partial charge in [0.05, 0.1) is 5.56 Å². The quantitative estimate of drug-likeness (QED) is 0.743. The van der Waals surface area contributed by atoms with Crippen LogP contribution in [0.25, 0.3) is 0 Å². The van der Waals surface area contributed by atoms with Crippen LogP contribution in [0.15, 0.2) is 24.3 Å². The first kappa shape index (κ1) is 19.0. The number of ether oxygens (including phenoxy) is 1. The zero-order valence-corrected chi connectivity index (χ0v) is 16.1. The summed E-state index contributed by atoms with van der Waals surface area (Å²) in [6, 6.07) is 8.94. The Balaban J connectivity index is 1.93. The van der Waals surface area contributed by atoms with Crippen LogP contribution in [-0.2, 0) is 10.2 Å². The van der Waals surface area contributed by atoms with E-state index in [9.17, 15) is 4.79 Å². The third kappa shape index (κ3) is 4.83. The third-order valence-corrected chi connectivity index (χ3v) is 5.14. The minimum absolute atomic E-state index is 0.0935. The summed E-state index contributed by atoms with van der Waals surface area (Å²) in [5, 5.41) is 0. The first-order chi connectivity index (χ1) is 11.2. The fraction of sp³-hybridized carbons (Fsp3) is 0.667. The Morgan fingerprint density at radius 2 is 1.71 bits per heavy atom. The lowest BCUT2D eigenvalue weighted by Crippen LogP contribution is -2.47. The molecule has 1 aromatic carbocycles. The minimum atomic E-state index is -0.222. The van der Waals surface area contributed by atoms with Crippen LogP contribution in [0, 0.1) is 0 Å². The van der Waals surface area contributed by atoms with Crippen molar-refractivity contribution in [1.82, 2.24) is 4.90 Å². The van der Waals surface area contributed by atoms with Crippen LogP contribution in [0.3, 0.4) is 0 Å². The summed E-state index contributed by atoms with van der Waals surface area (Å²) in [7, 11) is 0. The summed E-state index contributed by atoms with van der Waals surface area (Å²) in [5.41, 5.74) is 1.95. The smallest absolute Gasteiger partial charge is 0.338 e. The van der Waals surface area contributed by atoms with Gasteiger partial charge in [0.1, 0.15) is 6.10 Å². The highest BCUT2D eigenvalue weighted by atomic mass is 16.5. The van der Waals surface area contributed by atoms with Crippen LogP contribution >= 0.6 is 0 Å². The number of hydrogen-bond acceptors (Lipinski definition) is 3. The number of likely N-dealkylation sites (tertiary alicyclic amines) is 1. The van der Waals surface area contributed by atoms with Crippen molar-refractivity contribution in [3.8, 4) is 0 Å². The van der Waals surface area contributed by atoms with Gasteiger partial charge in [0.2, 0.25) is 0 Å². The molecular weight excluding hydrogens is 298 g/mol. The van der Waals surface area contributed by atoms with E-state index in [-0.39, 0.29) is 17.5 Å². The average Bonchev–Trinajstić information content (AvgIpc) is 2.50. The van der Waals surface area contributed by atoms with E-state index in [0.29, 0.717) is 17.6 Å². The molecular formula is C21H33NO2. The van der Waals surface area contributed by atoms with E-state index in [4.69, 9.17) is 4.74 Å². The van der Waals surface area contributed by atoms with Gasteiger partial charge in [0, 0.05) is 18.6 Å². The number of benzene rings is 1. The largest absolute Gasteiger partial charge is 0.458 e. The molecule has 134 valence electrons. The second kappa shape index (κ2) is 7.69. The van der Waals surface area contributed by atoms with Crippen molar-refractivity contribution < 1.29 is 9.53 Å². The van der Waals surface area contributed by atoms with E-state index in [0.717, 1.165) is 6.54 Å². The molecule has 1 aliphatic heterocycles. The van der Waals surface area contributed by atoms with Gasteiger partial charge in [0.15, 0.2) is 0 Å². The number of esters is 1. The van der Waals surface area contributed by atoms with E-state index in [2.05, 4.69) is 39.5 Å². The molecule has 3 atom stereocenters. The van der Waals surface area contributed by atoms with Crippen LogP contribution in [0.1, 0.15) is 76.7 Å². The van der Waals surface area contributed by atoms with Gasteiger partial charge >= 0.3 is 5.97 Å². The van der Waals surface area contributed by atoms with Gasteiger partial charge in [-0.3, -0.25) is 4.90 Å². The van der Waals surface area contributed by atoms with Crippen LogP contribution in [0.4, 0.5) is 0 Å². The summed E-state index contributed by atoms with van der Waals surface area (Å²) < 4.78 is 5.68. The SMILES string of the molecule is C[C@H](CN1[C@H](C)CCC[C@H]1C)OC(=O)c1ccc(C(C)(C)C)cc1. The van der Waals surface area contributed by atoms with Crippen molar-refractivity contribution in [2.45, 2.75) is 84.4 Å². The summed E-state index contributed by atoms with van der Waals surface area (Å²) in [6.07, 6.45) is 3.67. The molecule has 1 aliphatic rings. The number of carbonyl (C=O) groups is 1. The molecule has 0 radical (unpaired) electrons. The van der Waals surface area contributed by atoms with E-state index >= 15 is 0 Å². The standard InChI is InChI=1S/C21H33NO2/c1-15-8-7-9-16(2)22(15)14-17(3)24-20(23)18-10-12-19(13-11-18)21(4,5)6/h10-13,15-17H,7-9,14H2,1-6H3/t15-,16-,17-/m1/s1. The van der Waals surface area contributed by atoms with Crippen molar-refractivity contribution in [3.05, 3.63) is 35.4 Å². The van der Waals surface area contributed by atoms with Gasteiger partial charge in [-0.15, -0.1) is 0 Å². The maximum Gasteiger partial charge on any atom is 0.338 e. The predicted molar refractivity (Wildman–Crippen MR) is 99.5 cm³/mol. The monoisotopic (exact) mass is 331 g/mol. The summed E-state index contributed by atoms with van der Waals surface area (Å²) in [4.78, 5) is 14.9. The Kier molecular flexibility index (Phi) is 6.08. The maximum atomic E-state index is 12.4. The molecule has 0 aliphatic carbocycles. The summed E-state index contributed by atoms with van der Waals surface area (Å²) >= 11 is 0. The molecule has 0 unspecified atom stereocenters. The molecule has 0 aromatic heterocycles. The topological polar surface area (TPSA) is 29.5 Å². The molecule has 3 nitrogen and oxygen atoms in total. The fourth-order valence-electron chi connectivity index (χ4n) is 3.53. The van der Waals surface area contributed by atoms with Crippen molar-refractivity contribution >= 4 is 5.97 Å². The Morgan fingerprint density at radius 1 is 1.17 bits per heavy atom. The van der Waals surface area contributed by atoms with Gasteiger partial charge in [0.25, 0.3) is 0 Å². The Hall–Kier alpha value is -1.35. The van der Waals surface area contributed by atoms with Crippen LogP contribution in [-0.4, -0.2) is 35.6 Å². The average molecular weight is 332 g/mol. The molecule has 1 saturated heterocycles. The summed E-state index contributed by atoms with van der Waals surface area (Å²) in [6.45, 7) is 13.9. The second-order valence-corrected chi connectivity index (χ2v) is 8.37. The number of nitrogens with zero attached hydrogens (tertiary/aromatic N) is 1. The molecule has 0 N–H and O–H groups in total. The Bertz CT molecular complexity index is 534. The number of hydrogen-bond donors (Lipinski definition) is 0. The first-order valence-electron chi connectivity index (χ1n) is 9.25. The van der Waals surface area contributed by atoms with Crippen LogP contribution in [0.2, 0.25) is 0 Å². The summed E-state index contributed by atoms with van der Waals surface area (Å²) in [5.74, 6) is -0.222. The highest BCUT2D eigenvalue weighted by Crippen LogP contribution is 2.24. The van der Waals surface area contributed by atoms with Gasteiger partial charge in [-0.1, -0.05) is 39.3 Å². The highest BCUT2D eigenvalue weighted by molar-refractivity contribution is 5.89. The maximum absolute atomic E-state index is 12.4. The third-order valence-electron chi connectivity index (χ3n) is 5.14. The highest BCUT2D eigenvalue weighted by Gasteiger charge is 2.27. The molecule has 0 bridgehead atoms. The molecule has 1 aromatic rings. The molecule has 0 spiro atoms. The van der Waals surface area contributed by atoms with Gasteiger partial charge in [-0.05, 0) is 56.7 Å². The van der Waals surface area contributed by atoms with Gasteiger partial charge in [-0.2, -0.15) is 0 Å². The van der Waals surface area contributed by atoms with Crippen molar-refractivity contribution in [3.63, 3.8) is 0 Å². The minimum Gasteiger partial charge on any atom is -0.458 e. The Labute approximate surface area is 147 Å². The molecule has 2 rings (SSSR count). The second-order valence-electron chi connectivity index (χ2n) is 8.37. The van der Waals surface area contributed by atoms with E-state index in [1.807, 2.05) is 31.2 Å². The normalized spacial score (nSPS) is 23.8. The van der Waals surface area contributed by atoms with Crippen LogP contribution < -0.4 is 0 Å². The predicted octanol–water partition coefficient (Wildman–Crippen LogP) is 4.79. The fourth-order valence-corrected chi connectivity index (χ4v) is 3.53. The van der Waals surface area contributed by atoms with E-state index < -0.39 is 0 Å². The number of rotatable bonds is 4. The van der Waals surface area contributed by atoms with Crippen molar-refractivity contribution in [1.29, 1.82) is 0 Å². The molecule has 3 heteroatoms. The van der Waals surface area contributed by atoms with Crippen LogP contribution in [0.5, 0.6) is 0 Å². The number of piperidine rings is 1. The lowest BCUT2D eigenvalue weighted by molar-refractivity contribution is 0.00811. The molecule has 1 fully saturated rings. The molecule has 0 saturated carbocycles. The lowest BCUT2D eigenvalue weighted by Gasteiger charge is -2.40.